The van der Waals surface area contributed by atoms with Crippen molar-refractivity contribution in [3.63, 3.8) is 0 Å². The monoisotopic (exact) mass is 445 g/mol. The van der Waals surface area contributed by atoms with E-state index in [1.165, 1.54) is 0 Å². The molecule has 0 aromatic carbocycles. The molecule has 4 rings (SSSR count). The maximum absolute atomic E-state index is 10.0. The number of aryl methyl sites for hydroxylation is 1. The summed E-state index contributed by atoms with van der Waals surface area (Å²) in [4.78, 5) is 7.16. The van der Waals surface area contributed by atoms with Crippen molar-refractivity contribution in [1.82, 2.24) is 29.2 Å². The second-order valence-corrected chi connectivity index (χ2v) is 8.15. The number of piperidine rings is 1. The summed E-state index contributed by atoms with van der Waals surface area (Å²) >= 11 is 3.78. The van der Waals surface area contributed by atoms with E-state index in [4.69, 9.17) is 4.98 Å². The minimum absolute atomic E-state index is 0.247. The standard InChI is InChI=1S/C18H25BBrN7O/c1-4-21-18-15(20)16(12-6-5-7-26(11-12)19(2)28)24-17-14(9-23-27(17)18)13-8-22-25(3)10-13/h8-10,12,21,28H,4-7,11H2,1-3H3. The third-order valence-corrected chi connectivity index (χ3v) is 6.12. The fourth-order valence-corrected chi connectivity index (χ4v) is 4.63. The second kappa shape index (κ2) is 7.84. The van der Waals surface area contributed by atoms with Crippen molar-refractivity contribution < 1.29 is 5.02 Å². The molecule has 0 bridgehead atoms. The van der Waals surface area contributed by atoms with Crippen molar-refractivity contribution >= 4 is 34.4 Å². The molecular weight excluding hydrogens is 421 g/mol. The van der Waals surface area contributed by atoms with Gasteiger partial charge in [-0.1, -0.05) is 0 Å². The fraction of sp³-hybridized carbons (Fsp3) is 0.500. The number of rotatable bonds is 5. The van der Waals surface area contributed by atoms with Crippen LogP contribution >= 0.6 is 15.9 Å². The van der Waals surface area contributed by atoms with Crippen molar-refractivity contribution in [3.05, 3.63) is 28.8 Å². The van der Waals surface area contributed by atoms with Gasteiger partial charge in [0.05, 0.1) is 22.6 Å². The second-order valence-electron chi connectivity index (χ2n) is 7.35. The van der Waals surface area contributed by atoms with E-state index in [0.29, 0.717) is 0 Å². The Bertz CT molecular complexity index is 986. The molecule has 1 saturated heterocycles. The van der Waals surface area contributed by atoms with Gasteiger partial charge < -0.3 is 15.2 Å². The number of nitrogens with one attached hydrogen (secondary N) is 1. The van der Waals surface area contributed by atoms with E-state index in [0.717, 1.165) is 65.2 Å². The van der Waals surface area contributed by atoms with Crippen LogP contribution in [0, 0.1) is 0 Å². The summed E-state index contributed by atoms with van der Waals surface area (Å²) < 4.78 is 4.58. The molecule has 148 valence electrons. The van der Waals surface area contributed by atoms with Crippen LogP contribution in [-0.2, 0) is 7.05 Å². The molecule has 1 fully saturated rings. The third-order valence-electron chi connectivity index (χ3n) is 5.34. The highest BCUT2D eigenvalue weighted by Crippen LogP contribution is 2.37. The highest BCUT2D eigenvalue weighted by atomic mass is 79.9. The average molecular weight is 446 g/mol. The Labute approximate surface area is 173 Å². The molecule has 0 aliphatic carbocycles. The molecule has 1 atom stereocenters. The number of hydrogen-bond acceptors (Lipinski definition) is 6. The third kappa shape index (κ3) is 3.44. The Morgan fingerprint density at radius 3 is 2.86 bits per heavy atom. The van der Waals surface area contributed by atoms with Crippen LogP contribution in [0.3, 0.4) is 0 Å². The SMILES string of the molecule is CCNc1c(Br)c(C2CCCN(B(C)O)C2)nc2c(-c3cnn(C)c3)cnn12. The first-order valence-electron chi connectivity index (χ1n) is 9.71. The molecule has 3 aromatic heterocycles. The lowest BCUT2D eigenvalue weighted by molar-refractivity contribution is 0.282. The molecule has 28 heavy (non-hydrogen) atoms. The number of hydrogen-bond donors (Lipinski definition) is 2. The van der Waals surface area contributed by atoms with E-state index in [2.05, 4.69) is 43.2 Å². The Morgan fingerprint density at radius 2 is 2.18 bits per heavy atom. The highest BCUT2D eigenvalue weighted by Gasteiger charge is 2.30. The topological polar surface area (TPSA) is 83.5 Å². The van der Waals surface area contributed by atoms with Crippen LogP contribution in [0.2, 0.25) is 6.82 Å². The number of nitrogens with zero attached hydrogens (tertiary/aromatic N) is 6. The molecule has 1 aliphatic rings. The average Bonchev–Trinajstić information content (AvgIpc) is 3.29. The van der Waals surface area contributed by atoms with Gasteiger partial charge in [0.1, 0.15) is 5.82 Å². The van der Waals surface area contributed by atoms with Gasteiger partial charge in [-0.25, -0.2) is 4.98 Å². The van der Waals surface area contributed by atoms with Gasteiger partial charge in [-0.05, 0) is 55.6 Å². The van der Waals surface area contributed by atoms with E-state index < -0.39 is 7.05 Å². The van der Waals surface area contributed by atoms with Crippen molar-refractivity contribution in [2.75, 3.05) is 25.0 Å². The molecule has 0 saturated carbocycles. The maximum Gasteiger partial charge on any atom is 0.376 e. The van der Waals surface area contributed by atoms with Gasteiger partial charge in [-0.2, -0.15) is 14.7 Å². The van der Waals surface area contributed by atoms with Crippen molar-refractivity contribution in [3.8, 4) is 11.1 Å². The largest absolute Gasteiger partial charge is 0.437 e. The van der Waals surface area contributed by atoms with Crippen LogP contribution < -0.4 is 5.32 Å². The fourth-order valence-electron chi connectivity index (χ4n) is 3.91. The van der Waals surface area contributed by atoms with Gasteiger partial charge in [-0.15, -0.1) is 0 Å². The summed E-state index contributed by atoms with van der Waals surface area (Å²) in [6.45, 7) is 6.39. The molecule has 0 amide bonds. The molecule has 0 spiro atoms. The summed E-state index contributed by atoms with van der Waals surface area (Å²) in [5, 5.41) is 22.4. The predicted molar refractivity (Wildman–Crippen MR) is 114 cm³/mol. The Balaban J connectivity index is 1.85. The van der Waals surface area contributed by atoms with Gasteiger partial charge >= 0.3 is 7.05 Å². The zero-order valence-corrected chi connectivity index (χ0v) is 18.0. The van der Waals surface area contributed by atoms with E-state index >= 15 is 0 Å². The highest BCUT2D eigenvalue weighted by molar-refractivity contribution is 9.10. The van der Waals surface area contributed by atoms with Gasteiger partial charge in [0.15, 0.2) is 5.65 Å². The number of anilines is 1. The van der Waals surface area contributed by atoms with Crippen molar-refractivity contribution in [1.29, 1.82) is 0 Å². The number of fused-ring (bicyclic) bond motifs is 1. The first-order chi connectivity index (χ1) is 13.5. The first kappa shape index (κ1) is 19.4. The minimum atomic E-state index is -0.445. The molecule has 3 aromatic rings. The van der Waals surface area contributed by atoms with Crippen LogP contribution in [0.4, 0.5) is 5.82 Å². The van der Waals surface area contributed by atoms with Crippen LogP contribution in [0.5, 0.6) is 0 Å². The minimum Gasteiger partial charge on any atom is -0.437 e. The van der Waals surface area contributed by atoms with Gasteiger partial charge in [0.25, 0.3) is 0 Å². The number of aromatic nitrogens is 5. The van der Waals surface area contributed by atoms with Crippen molar-refractivity contribution in [2.24, 2.45) is 7.05 Å². The molecule has 1 unspecified atom stereocenters. The normalized spacial score (nSPS) is 18.0. The maximum atomic E-state index is 10.0. The van der Waals surface area contributed by atoms with E-state index in [1.807, 2.05) is 37.0 Å². The Morgan fingerprint density at radius 1 is 1.36 bits per heavy atom. The Hall–Kier alpha value is -1.91. The molecular formula is C18H25BBrN7O. The molecule has 1 aliphatic heterocycles. The van der Waals surface area contributed by atoms with Crippen LogP contribution in [-0.4, -0.2) is 60.9 Å². The van der Waals surface area contributed by atoms with Crippen molar-refractivity contribution in [2.45, 2.75) is 32.5 Å². The lowest BCUT2D eigenvalue weighted by Crippen LogP contribution is -2.43. The quantitative estimate of drug-likeness (QED) is 0.587. The molecule has 0 radical (unpaired) electrons. The lowest BCUT2D eigenvalue weighted by atomic mass is 9.80. The Kier molecular flexibility index (Phi) is 5.44. The van der Waals surface area contributed by atoms with E-state index in [9.17, 15) is 5.02 Å². The molecule has 2 N–H and O–H groups in total. The number of halogens is 1. The first-order valence-corrected chi connectivity index (χ1v) is 10.5. The molecule has 8 nitrogen and oxygen atoms in total. The molecule has 10 heteroatoms. The van der Waals surface area contributed by atoms with Gasteiger partial charge in [0, 0.05) is 36.8 Å². The van der Waals surface area contributed by atoms with Crippen LogP contribution in [0.15, 0.2) is 23.1 Å². The van der Waals surface area contributed by atoms with E-state index in [-0.39, 0.29) is 5.92 Å². The zero-order chi connectivity index (χ0) is 19.8. The smallest absolute Gasteiger partial charge is 0.376 e. The summed E-state index contributed by atoms with van der Waals surface area (Å²) in [7, 11) is 1.46. The van der Waals surface area contributed by atoms with Crippen LogP contribution in [0.1, 0.15) is 31.4 Å². The summed E-state index contributed by atoms with van der Waals surface area (Å²) in [6, 6.07) is 0. The van der Waals surface area contributed by atoms with Gasteiger partial charge in [0.2, 0.25) is 0 Å². The summed E-state index contributed by atoms with van der Waals surface area (Å²) in [6.07, 6.45) is 7.75. The summed E-state index contributed by atoms with van der Waals surface area (Å²) in [5.41, 5.74) is 3.79. The zero-order valence-electron chi connectivity index (χ0n) is 16.4. The predicted octanol–water partition coefficient (Wildman–Crippen LogP) is 2.61. The van der Waals surface area contributed by atoms with Gasteiger partial charge in [-0.3, -0.25) is 4.68 Å². The van der Waals surface area contributed by atoms with Crippen LogP contribution in [0.25, 0.3) is 16.8 Å². The summed E-state index contributed by atoms with van der Waals surface area (Å²) in [5.74, 6) is 1.16. The lowest BCUT2D eigenvalue weighted by Gasteiger charge is -2.33. The molecule has 4 heterocycles. The van der Waals surface area contributed by atoms with E-state index in [1.54, 1.807) is 4.68 Å².